The minimum Gasteiger partial charge on any atom is -0.324 e. The molecule has 11 heteroatoms. The molecule has 0 fully saturated rings. The molecule has 0 saturated heterocycles. The van der Waals surface area contributed by atoms with Crippen LogP contribution in [0.25, 0.3) is 11.4 Å². The minimum atomic E-state index is -4.52. The lowest BCUT2D eigenvalue weighted by molar-refractivity contribution is -0.137. The predicted molar refractivity (Wildman–Crippen MR) is 119 cm³/mol. The number of thiophene rings is 1. The molecule has 0 atom stereocenters. The number of aromatic nitrogens is 3. The highest BCUT2D eigenvalue weighted by atomic mass is 35.5. The molecule has 1 amide bonds. The Balaban J connectivity index is 1.72. The van der Waals surface area contributed by atoms with Crippen LogP contribution in [0, 0.1) is 0 Å². The van der Waals surface area contributed by atoms with Crippen LogP contribution in [-0.2, 0) is 23.9 Å². The average molecular weight is 489 g/mol. The molecule has 3 rings (SSSR count). The zero-order chi connectivity index (χ0) is 22.6. The number of alkyl halides is 3. The van der Waals surface area contributed by atoms with Crippen molar-refractivity contribution in [1.29, 1.82) is 0 Å². The Kier molecular flexibility index (Phi) is 7.66. The predicted octanol–water partition coefficient (Wildman–Crippen LogP) is 6.38. The molecule has 31 heavy (non-hydrogen) atoms. The summed E-state index contributed by atoms with van der Waals surface area (Å²) < 4.78 is 40.7. The second-order valence-corrected chi connectivity index (χ2v) is 8.99. The molecule has 1 aromatic carbocycles. The van der Waals surface area contributed by atoms with Gasteiger partial charge in [0.15, 0.2) is 11.0 Å². The molecule has 0 aliphatic rings. The number of thioether (sulfide) groups is 1. The van der Waals surface area contributed by atoms with Crippen LogP contribution in [0.3, 0.4) is 0 Å². The van der Waals surface area contributed by atoms with Crippen molar-refractivity contribution in [2.45, 2.75) is 44.6 Å². The Morgan fingerprint density at radius 2 is 2.03 bits per heavy atom. The Labute approximate surface area is 191 Å². The summed E-state index contributed by atoms with van der Waals surface area (Å²) >= 11 is 8.78. The van der Waals surface area contributed by atoms with E-state index in [0.29, 0.717) is 11.7 Å². The highest BCUT2D eigenvalue weighted by molar-refractivity contribution is 7.99. The van der Waals surface area contributed by atoms with Crippen molar-refractivity contribution in [3.05, 3.63) is 45.1 Å². The van der Waals surface area contributed by atoms with Crippen molar-refractivity contribution >= 4 is 46.3 Å². The summed E-state index contributed by atoms with van der Waals surface area (Å²) in [5.74, 6) is 0.211. The third-order valence-corrected chi connectivity index (χ3v) is 6.70. The number of amides is 1. The van der Waals surface area contributed by atoms with E-state index in [4.69, 9.17) is 11.6 Å². The van der Waals surface area contributed by atoms with Crippen LogP contribution in [0.15, 0.2) is 34.8 Å². The maximum atomic E-state index is 12.9. The van der Waals surface area contributed by atoms with Gasteiger partial charge in [0.25, 0.3) is 0 Å². The van der Waals surface area contributed by atoms with E-state index in [-0.39, 0.29) is 16.5 Å². The van der Waals surface area contributed by atoms with Gasteiger partial charge in [-0.25, -0.2) is 0 Å². The monoisotopic (exact) mass is 488 g/mol. The lowest BCUT2D eigenvalue weighted by Crippen LogP contribution is -2.16. The SMILES string of the molecule is CCCn1c(SCC(=O)Nc2cc(C(F)(F)F)ccc2Cl)nnc1-c1csc(CC)c1. The number of rotatable bonds is 8. The van der Waals surface area contributed by atoms with E-state index in [1.807, 2.05) is 16.9 Å². The molecule has 0 aliphatic carbocycles. The van der Waals surface area contributed by atoms with Crippen molar-refractivity contribution in [1.82, 2.24) is 14.8 Å². The van der Waals surface area contributed by atoms with E-state index in [9.17, 15) is 18.0 Å². The second-order valence-electron chi connectivity index (χ2n) is 6.64. The summed E-state index contributed by atoms with van der Waals surface area (Å²) in [5.41, 5.74) is 0.0208. The van der Waals surface area contributed by atoms with E-state index in [2.05, 4.69) is 28.5 Å². The van der Waals surface area contributed by atoms with E-state index in [1.165, 1.54) is 16.6 Å². The fourth-order valence-corrected chi connectivity index (χ4v) is 4.57. The number of carbonyl (C=O) groups excluding carboxylic acids is 1. The number of nitrogens with zero attached hydrogens (tertiary/aromatic N) is 3. The standard InChI is InChI=1S/C20H20ClF3N4OS2/c1-3-7-28-18(12-8-14(4-2)30-10-12)26-27-19(28)31-11-17(29)25-16-9-13(20(22,23)24)5-6-15(16)21/h5-6,8-10H,3-4,7,11H2,1-2H3,(H,25,29). The zero-order valence-electron chi connectivity index (χ0n) is 16.8. The molecular formula is C20H20ClF3N4OS2. The van der Waals surface area contributed by atoms with Gasteiger partial charge < -0.3 is 9.88 Å². The fraction of sp³-hybridized carbons (Fsp3) is 0.350. The van der Waals surface area contributed by atoms with E-state index < -0.39 is 17.6 Å². The Bertz CT molecular complexity index is 1070. The van der Waals surface area contributed by atoms with Crippen molar-refractivity contribution in [3.63, 3.8) is 0 Å². The van der Waals surface area contributed by atoms with Crippen LogP contribution in [0.4, 0.5) is 18.9 Å². The molecule has 0 aliphatic heterocycles. The number of hydrogen-bond donors (Lipinski definition) is 1. The summed E-state index contributed by atoms with van der Waals surface area (Å²) in [6.45, 7) is 4.80. The Morgan fingerprint density at radius 3 is 2.68 bits per heavy atom. The van der Waals surface area contributed by atoms with Crippen molar-refractivity contribution < 1.29 is 18.0 Å². The van der Waals surface area contributed by atoms with E-state index in [0.717, 1.165) is 42.4 Å². The molecule has 2 aromatic heterocycles. The molecule has 0 spiro atoms. The molecule has 0 radical (unpaired) electrons. The molecule has 0 unspecified atom stereocenters. The highest BCUT2D eigenvalue weighted by Crippen LogP contribution is 2.34. The topological polar surface area (TPSA) is 59.8 Å². The number of hydrogen-bond acceptors (Lipinski definition) is 5. The summed E-state index contributed by atoms with van der Waals surface area (Å²) in [6.07, 6.45) is -2.73. The fourth-order valence-electron chi connectivity index (χ4n) is 2.83. The Hall–Kier alpha value is -2.04. The summed E-state index contributed by atoms with van der Waals surface area (Å²) in [4.78, 5) is 13.6. The largest absolute Gasteiger partial charge is 0.416 e. The van der Waals surface area contributed by atoms with Gasteiger partial charge in [-0.3, -0.25) is 4.79 Å². The third kappa shape index (κ3) is 5.81. The molecular weight excluding hydrogens is 469 g/mol. The molecule has 5 nitrogen and oxygen atoms in total. The van der Waals surface area contributed by atoms with Crippen LogP contribution in [0.2, 0.25) is 5.02 Å². The van der Waals surface area contributed by atoms with Crippen molar-refractivity contribution in [2.75, 3.05) is 11.1 Å². The molecule has 0 saturated carbocycles. The van der Waals surface area contributed by atoms with E-state index in [1.54, 1.807) is 11.3 Å². The highest BCUT2D eigenvalue weighted by Gasteiger charge is 2.31. The summed E-state index contributed by atoms with van der Waals surface area (Å²) in [5, 5.41) is 13.6. The van der Waals surface area contributed by atoms with Crippen LogP contribution in [-0.4, -0.2) is 26.4 Å². The lowest BCUT2D eigenvalue weighted by Gasteiger charge is -2.12. The van der Waals surface area contributed by atoms with Gasteiger partial charge in [0.05, 0.1) is 22.0 Å². The van der Waals surface area contributed by atoms with Gasteiger partial charge in [0, 0.05) is 22.4 Å². The van der Waals surface area contributed by atoms with Gasteiger partial charge in [0.1, 0.15) is 0 Å². The number of halogens is 4. The molecule has 3 aromatic rings. The first-order chi connectivity index (χ1) is 14.7. The van der Waals surface area contributed by atoms with Crippen LogP contribution >= 0.6 is 34.7 Å². The van der Waals surface area contributed by atoms with Crippen LogP contribution < -0.4 is 5.32 Å². The molecule has 1 N–H and O–H groups in total. The van der Waals surface area contributed by atoms with Gasteiger partial charge in [-0.2, -0.15) is 13.2 Å². The number of anilines is 1. The number of carbonyl (C=O) groups is 1. The van der Waals surface area contributed by atoms with Crippen molar-refractivity contribution in [2.24, 2.45) is 0 Å². The lowest BCUT2D eigenvalue weighted by atomic mass is 10.2. The van der Waals surface area contributed by atoms with Crippen LogP contribution in [0.1, 0.15) is 30.7 Å². The second kappa shape index (κ2) is 10.1. The maximum Gasteiger partial charge on any atom is 0.416 e. The Morgan fingerprint density at radius 1 is 1.26 bits per heavy atom. The van der Waals surface area contributed by atoms with E-state index >= 15 is 0 Å². The zero-order valence-corrected chi connectivity index (χ0v) is 19.2. The van der Waals surface area contributed by atoms with Gasteiger partial charge in [-0.05, 0) is 37.1 Å². The maximum absolute atomic E-state index is 12.9. The molecule has 2 heterocycles. The smallest absolute Gasteiger partial charge is 0.324 e. The summed E-state index contributed by atoms with van der Waals surface area (Å²) in [7, 11) is 0. The van der Waals surface area contributed by atoms with Crippen molar-refractivity contribution in [3.8, 4) is 11.4 Å². The first kappa shape index (κ1) is 23.6. The minimum absolute atomic E-state index is 0.0342. The van der Waals surface area contributed by atoms with Gasteiger partial charge >= 0.3 is 6.18 Å². The first-order valence-electron chi connectivity index (χ1n) is 9.53. The van der Waals surface area contributed by atoms with Gasteiger partial charge in [-0.15, -0.1) is 21.5 Å². The number of benzene rings is 1. The average Bonchev–Trinajstić information content (AvgIpc) is 3.34. The van der Waals surface area contributed by atoms with Gasteiger partial charge in [-0.1, -0.05) is 37.2 Å². The third-order valence-electron chi connectivity index (χ3n) is 4.32. The first-order valence-corrected chi connectivity index (χ1v) is 11.8. The summed E-state index contributed by atoms with van der Waals surface area (Å²) in [6, 6.07) is 4.89. The van der Waals surface area contributed by atoms with Crippen LogP contribution in [0.5, 0.6) is 0 Å². The number of aryl methyl sites for hydroxylation is 1. The normalized spacial score (nSPS) is 11.7. The molecule has 0 bridgehead atoms. The van der Waals surface area contributed by atoms with Gasteiger partial charge in [0.2, 0.25) is 5.91 Å². The number of nitrogens with one attached hydrogen (secondary N) is 1. The molecule has 166 valence electrons. The quantitative estimate of drug-likeness (QED) is 0.374.